The molecule has 0 radical (unpaired) electrons. The summed E-state index contributed by atoms with van der Waals surface area (Å²) < 4.78 is 0.666. The number of halogens is 1. The number of hydrogen-bond acceptors (Lipinski definition) is 3. The van der Waals surface area contributed by atoms with E-state index in [1.807, 2.05) is 13.0 Å². The van der Waals surface area contributed by atoms with Gasteiger partial charge in [0.15, 0.2) is 0 Å². The van der Waals surface area contributed by atoms with Crippen LogP contribution in [0.4, 0.5) is 4.79 Å². The van der Waals surface area contributed by atoms with Gasteiger partial charge in [-0.1, -0.05) is 11.6 Å². The van der Waals surface area contributed by atoms with Crippen molar-refractivity contribution >= 4 is 34.9 Å². The average molecular weight is 331 g/mol. The Hall–Kier alpha value is -1.27. The second-order valence-corrected chi connectivity index (χ2v) is 7.25. The summed E-state index contributed by atoms with van der Waals surface area (Å²) >= 11 is 7.30. The average Bonchev–Trinajstić information content (AvgIpc) is 2.85. The van der Waals surface area contributed by atoms with Crippen molar-refractivity contribution in [3.8, 4) is 0 Å². The monoisotopic (exact) mass is 330 g/mol. The van der Waals surface area contributed by atoms with Gasteiger partial charge in [-0.25, -0.2) is 9.59 Å². The molecule has 7 heteroatoms. The SMILES string of the molecule is CC(NC(=O)N1CCCCC1(C)C(=O)O)c1ccc(Cl)s1. The topological polar surface area (TPSA) is 69.6 Å². The first-order valence-electron chi connectivity index (χ1n) is 6.91. The molecule has 0 spiro atoms. The van der Waals surface area contributed by atoms with Crippen LogP contribution in [0.3, 0.4) is 0 Å². The summed E-state index contributed by atoms with van der Waals surface area (Å²) in [6.07, 6.45) is 2.13. The molecule has 2 heterocycles. The molecule has 0 aliphatic carbocycles. The molecule has 2 amide bonds. The van der Waals surface area contributed by atoms with Crippen molar-refractivity contribution in [2.75, 3.05) is 6.54 Å². The number of amides is 2. The summed E-state index contributed by atoms with van der Waals surface area (Å²) in [4.78, 5) is 26.3. The molecular weight excluding hydrogens is 312 g/mol. The number of nitrogens with one attached hydrogen (secondary N) is 1. The third kappa shape index (κ3) is 3.32. The molecule has 5 nitrogen and oxygen atoms in total. The van der Waals surface area contributed by atoms with Gasteiger partial charge in [0.25, 0.3) is 0 Å². The summed E-state index contributed by atoms with van der Waals surface area (Å²) in [5.41, 5.74) is -1.13. The van der Waals surface area contributed by atoms with E-state index in [0.717, 1.165) is 17.7 Å². The number of carboxylic acid groups (broad SMARTS) is 1. The Morgan fingerprint density at radius 3 is 2.76 bits per heavy atom. The highest BCUT2D eigenvalue weighted by molar-refractivity contribution is 7.16. The highest BCUT2D eigenvalue weighted by atomic mass is 35.5. The number of rotatable bonds is 3. The molecule has 0 saturated carbocycles. The molecule has 1 aromatic heterocycles. The van der Waals surface area contributed by atoms with Crippen LogP contribution >= 0.6 is 22.9 Å². The number of piperidine rings is 1. The Kier molecular flexibility index (Phi) is 4.78. The van der Waals surface area contributed by atoms with E-state index in [1.165, 1.54) is 16.2 Å². The number of aliphatic carboxylic acids is 1. The molecule has 2 atom stereocenters. The van der Waals surface area contributed by atoms with Gasteiger partial charge in [0.1, 0.15) is 5.54 Å². The minimum absolute atomic E-state index is 0.199. The zero-order chi connectivity index (χ0) is 15.6. The Labute approximate surface area is 132 Å². The zero-order valence-corrected chi connectivity index (χ0v) is 13.6. The lowest BCUT2D eigenvalue weighted by molar-refractivity contribution is -0.150. The number of carboxylic acids is 1. The van der Waals surface area contributed by atoms with Crippen LogP contribution in [0.25, 0.3) is 0 Å². The normalized spacial score (nSPS) is 23.7. The highest BCUT2D eigenvalue weighted by Gasteiger charge is 2.44. The number of carbonyl (C=O) groups is 2. The molecule has 0 bridgehead atoms. The smallest absolute Gasteiger partial charge is 0.329 e. The van der Waals surface area contributed by atoms with Crippen molar-refractivity contribution in [2.45, 2.75) is 44.7 Å². The van der Waals surface area contributed by atoms with Gasteiger partial charge in [0.05, 0.1) is 10.4 Å². The van der Waals surface area contributed by atoms with Gasteiger partial charge in [0.2, 0.25) is 0 Å². The number of likely N-dealkylation sites (tertiary alicyclic amines) is 1. The van der Waals surface area contributed by atoms with Crippen LogP contribution in [-0.2, 0) is 4.79 Å². The maximum atomic E-state index is 12.4. The maximum Gasteiger partial charge on any atom is 0.329 e. The Morgan fingerprint density at radius 2 is 2.19 bits per heavy atom. The van der Waals surface area contributed by atoms with Crippen molar-refractivity contribution in [1.29, 1.82) is 0 Å². The van der Waals surface area contributed by atoms with E-state index in [2.05, 4.69) is 5.32 Å². The molecule has 2 rings (SSSR count). The van der Waals surface area contributed by atoms with Crippen molar-refractivity contribution in [1.82, 2.24) is 10.2 Å². The summed E-state index contributed by atoms with van der Waals surface area (Å²) in [6.45, 7) is 3.94. The van der Waals surface area contributed by atoms with Crippen LogP contribution in [0.15, 0.2) is 12.1 Å². The number of urea groups is 1. The Balaban J connectivity index is 2.09. The molecule has 2 N–H and O–H groups in total. The standard InChI is InChI=1S/C14H19ClN2O3S/c1-9(10-5-6-11(15)21-10)16-13(20)17-8-4-3-7-14(17,2)12(18)19/h5-6,9H,3-4,7-8H2,1-2H3,(H,16,20)(H,18,19). The summed E-state index contributed by atoms with van der Waals surface area (Å²) in [5, 5.41) is 12.3. The van der Waals surface area contributed by atoms with Crippen molar-refractivity contribution < 1.29 is 14.7 Å². The fourth-order valence-corrected chi connectivity index (χ4v) is 3.63. The number of carbonyl (C=O) groups excluding carboxylic acids is 1. The summed E-state index contributed by atoms with van der Waals surface area (Å²) in [5.74, 6) is -0.954. The van der Waals surface area contributed by atoms with E-state index in [9.17, 15) is 14.7 Å². The number of nitrogens with zero attached hydrogens (tertiary/aromatic N) is 1. The second kappa shape index (κ2) is 6.23. The molecule has 21 heavy (non-hydrogen) atoms. The number of thiophene rings is 1. The molecular formula is C14H19ClN2O3S. The third-order valence-electron chi connectivity index (χ3n) is 3.96. The van der Waals surface area contributed by atoms with E-state index in [-0.39, 0.29) is 12.1 Å². The van der Waals surface area contributed by atoms with Crippen LogP contribution in [0.2, 0.25) is 4.34 Å². The first kappa shape index (κ1) is 16.1. The van der Waals surface area contributed by atoms with Gasteiger partial charge < -0.3 is 15.3 Å². The lowest BCUT2D eigenvalue weighted by Gasteiger charge is -2.41. The molecule has 1 aliphatic rings. The van der Waals surface area contributed by atoms with Crippen LogP contribution in [0.1, 0.15) is 44.0 Å². The molecule has 1 aromatic rings. The van der Waals surface area contributed by atoms with Crippen LogP contribution < -0.4 is 5.32 Å². The van der Waals surface area contributed by atoms with Gasteiger partial charge in [-0.15, -0.1) is 11.3 Å². The highest BCUT2D eigenvalue weighted by Crippen LogP contribution is 2.30. The maximum absolute atomic E-state index is 12.4. The fraction of sp³-hybridized carbons (Fsp3) is 0.571. The molecule has 0 aromatic carbocycles. The van der Waals surface area contributed by atoms with E-state index in [1.54, 1.807) is 13.0 Å². The van der Waals surface area contributed by atoms with E-state index in [4.69, 9.17) is 11.6 Å². The largest absolute Gasteiger partial charge is 0.480 e. The molecule has 1 saturated heterocycles. The fourth-order valence-electron chi connectivity index (χ4n) is 2.56. The summed E-state index contributed by atoms with van der Waals surface area (Å²) in [7, 11) is 0. The van der Waals surface area contributed by atoms with Crippen molar-refractivity contribution in [3.63, 3.8) is 0 Å². The van der Waals surface area contributed by atoms with E-state index < -0.39 is 11.5 Å². The predicted octanol–water partition coefficient (Wildman–Crippen LogP) is 3.50. The Bertz CT molecular complexity index is 548. The predicted molar refractivity (Wildman–Crippen MR) is 82.9 cm³/mol. The van der Waals surface area contributed by atoms with Gasteiger partial charge in [-0.05, 0) is 45.2 Å². The van der Waals surface area contributed by atoms with Gasteiger partial charge in [0, 0.05) is 11.4 Å². The van der Waals surface area contributed by atoms with Crippen molar-refractivity contribution in [2.24, 2.45) is 0 Å². The van der Waals surface area contributed by atoms with Crippen LogP contribution in [-0.4, -0.2) is 34.1 Å². The third-order valence-corrected chi connectivity index (χ3v) is 5.37. The van der Waals surface area contributed by atoms with Gasteiger partial charge in [-0.2, -0.15) is 0 Å². The number of hydrogen-bond donors (Lipinski definition) is 2. The molecule has 1 aliphatic heterocycles. The van der Waals surface area contributed by atoms with Crippen LogP contribution in [0, 0.1) is 0 Å². The second-order valence-electron chi connectivity index (χ2n) is 5.50. The molecule has 1 fully saturated rings. The lowest BCUT2D eigenvalue weighted by atomic mass is 9.89. The van der Waals surface area contributed by atoms with Gasteiger partial charge in [-0.3, -0.25) is 0 Å². The van der Waals surface area contributed by atoms with E-state index >= 15 is 0 Å². The first-order chi connectivity index (χ1) is 9.84. The Morgan fingerprint density at radius 1 is 1.48 bits per heavy atom. The van der Waals surface area contributed by atoms with Crippen molar-refractivity contribution in [3.05, 3.63) is 21.3 Å². The lowest BCUT2D eigenvalue weighted by Crippen LogP contribution is -2.60. The molecule has 116 valence electrons. The first-order valence-corrected chi connectivity index (χ1v) is 8.11. The van der Waals surface area contributed by atoms with Crippen LogP contribution in [0.5, 0.6) is 0 Å². The minimum atomic E-state index is -1.13. The quantitative estimate of drug-likeness (QED) is 0.891. The van der Waals surface area contributed by atoms with Gasteiger partial charge >= 0.3 is 12.0 Å². The van der Waals surface area contributed by atoms with E-state index in [0.29, 0.717) is 17.3 Å². The molecule has 2 unspecified atom stereocenters. The summed E-state index contributed by atoms with van der Waals surface area (Å²) in [6, 6.07) is 3.11. The minimum Gasteiger partial charge on any atom is -0.480 e. The zero-order valence-electron chi connectivity index (χ0n) is 12.1.